The molecule has 0 aliphatic carbocycles. The van der Waals surface area contributed by atoms with Gasteiger partial charge in [0, 0.05) is 32.8 Å². The maximum atomic E-state index is 14.4. The third-order valence-corrected chi connectivity index (χ3v) is 7.27. The van der Waals surface area contributed by atoms with E-state index in [1.165, 1.54) is 55.8 Å². The van der Waals surface area contributed by atoms with E-state index in [4.69, 9.17) is 4.74 Å². The lowest BCUT2D eigenvalue weighted by Crippen LogP contribution is -2.22. The molecule has 3 rings (SSSR count). The second-order valence-corrected chi connectivity index (χ2v) is 9.71. The van der Waals surface area contributed by atoms with Crippen LogP contribution in [0.5, 0.6) is 0 Å². The molecule has 0 bridgehead atoms. The Bertz CT molecular complexity index is 1230. The number of hydrogen-bond acceptors (Lipinski definition) is 5. The predicted molar refractivity (Wildman–Crippen MR) is 113 cm³/mol. The zero-order valence-electron chi connectivity index (χ0n) is 16.8. The largest absolute Gasteiger partial charge is 0.380 e. The van der Waals surface area contributed by atoms with Gasteiger partial charge in [-0.25, -0.2) is 17.1 Å². The van der Waals surface area contributed by atoms with Crippen LogP contribution in [0, 0.1) is 5.82 Å². The number of aromatic nitrogens is 1. The number of amides is 1. The van der Waals surface area contributed by atoms with Gasteiger partial charge in [0.2, 0.25) is 10.0 Å². The number of halogens is 1. The molecule has 7 nitrogen and oxygen atoms in total. The number of nitrogens with zero attached hydrogens (tertiary/aromatic N) is 3. The summed E-state index contributed by atoms with van der Waals surface area (Å²) >= 11 is 1.21. The van der Waals surface area contributed by atoms with Gasteiger partial charge in [0.15, 0.2) is 4.80 Å². The first-order valence-corrected chi connectivity index (χ1v) is 11.5. The van der Waals surface area contributed by atoms with E-state index >= 15 is 0 Å². The molecule has 0 saturated heterocycles. The van der Waals surface area contributed by atoms with E-state index in [-0.39, 0.29) is 10.5 Å². The zero-order chi connectivity index (χ0) is 21.9. The number of benzene rings is 2. The number of ether oxygens (including phenoxy) is 1. The maximum Gasteiger partial charge on any atom is 0.279 e. The van der Waals surface area contributed by atoms with Crippen LogP contribution in [-0.2, 0) is 21.3 Å². The maximum absolute atomic E-state index is 14.4. The smallest absolute Gasteiger partial charge is 0.279 e. The molecule has 1 aromatic heterocycles. The molecule has 0 atom stereocenters. The Morgan fingerprint density at radius 2 is 1.90 bits per heavy atom. The highest BCUT2D eigenvalue weighted by Gasteiger charge is 2.18. The molecule has 10 heteroatoms. The molecule has 0 radical (unpaired) electrons. The Balaban J connectivity index is 2.01. The number of para-hydroxylation sites is 1. The molecule has 0 saturated carbocycles. The van der Waals surface area contributed by atoms with Crippen molar-refractivity contribution in [2.75, 3.05) is 27.3 Å². The Kier molecular flexibility index (Phi) is 6.81. The van der Waals surface area contributed by atoms with Crippen LogP contribution < -0.4 is 4.80 Å². The average Bonchev–Trinajstić information content (AvgIpc) is 3.06. The first kappa shape index (κ1) is 22.3. The topological polar surface area (TPSA) is 81.0 Å². The van der Waals surface area contributed by atoms with Gasteiger partial charge < -0.3 is 9.30 Å². The van der Waals surface area contributed by atoms with Crippen molar-refractivity contribution in [2.24, 2.45) is 4.99 Å². The van der Waals surface area contributed by atoms with Crippen LogP contribution in [0.2, 0.25) is 0 Å². The molecule has 0 unspecified atom stereocenters. The number of sulfonamides is 1. The van der Waals surface area contributed by atoms with Crippen molar-refractivity contribution in [3.63, 3.8) is 0 Å². The van der Waals surface area contributed by atoms with Gasteiger partial charge in [-0.3, -0.25) is 4.79 Å². The Hall–Kier alpha value is -2.40. The first-order chi connectivity index (χ1) is 14.3. The van der Waals surface area contributed by atoms with E-state index in [1.54, 1.807) is 16.7 Å². The standard InChI is InChI=1S/C20H22FN3O4S2/c1-4-28-13-12-24-18-16(21)6-5-7-17(18)29-20(24)22-19(25)14-8-10-15(11-9-14)30(26,27)23(2)3/h5-11H,4,12-13H2,1-3H3. The fourth-order valence-corrected chi connectivity index (χ4v) is 4.78. The lowest BCUT2D eigenvalue weighted by molar-refractivity contribution is 0.0996. The molecule has 1 heterocycles. The summed E-state index contributed by atoms with van der Waals surface area (Å²) in [6.07, 6.45) is 0. The SMILES string of the molecule is CCOCCn1c(=NC(=O)c2ccc(S(=O)(=O)N(C)C)cc2)sc2cccc(F)c21. The quantitative estimate of drug-likeness (QED) is 0.518. The summed E-state index contributed by atoms with van der Waals surface area (Å²) in [5.41, 5.74) is 0.614. The Morgan fingerprint density at radius 3 is 2.53 bits per heavy atom. The number of rotatable bonds is 7. The summed E-state index contributed by atoms with van der Waals surface area (Å²) < 4.78 is 47.5. The number of hydrogen-bond donors (Lipinski definition) is 0. The first-order valence-electron chi connectivity index (χ1n) is 9.23. The number of carbonyl (C=O) groups excluding carboxylic acids is 1. The molecule has 0 fully saturated rings. The van der Waals surface area contributed by atoms with Crippen molar-refractivity contribution in [3.8, 4) is 0 Å². The van der Waals surface area contributed by atoms with Gasteiger partial charge in [-0.05, 0) is 43.3 Å². The lowest BCUT2D eigenvalue weighted by Gasteiger charge is -2.11. The fraction of sp³-hybridized carbons (Fsp3) is 0.300. The second-order valence-electron chi connectivity index (χ2n) is 6.55. The van der Waals surface area contributed by atoms with Gasteiger partial charge in [0.05, 0.1) is 21.7 Å². The van der Waals surface area contributed by atoms with E-state index in [1.807, 2.05) is 6.92 Å². The summed E-state index contributed by atoms with van der Waals surface area (Å²) in [5, 5.41) is 0. The van der Waals surface area contributed by atoms with Crippen LogP contribution >= 0.6 is 11.3 Å². The van der Waals surface area contributed by atoms with Gasteiger partial charge in [-0.1, -0.05) is 17.4 Å². The molecular formula is C20H22FN3O4S2. The molecular weight excluding hydrogens is 429 g/mol. The van der Waals surface area contributed by atoms with Crippen LogP contribution in [-0.4, -0.2) is 50.5 Å². The van der Waals surface area contributed by atoms with Crippen molar-refractivity contribution in [1.29, 1.82) is 0 Å². The average molecular weight is 452 g/mol. The van der Waals surface area contributed by atoms with Crippen LogP contribution in [0.4, 0.5) is 4.39 Å². The second kappa shape index (κ2) is 9.17. The molecule has 1 amide bonds. The predicted octanol–water partition coefficient (Wildman–Crippen LogP) is 2.87. The van der Waals surface area contributed by atoms with Crippen LogP contribution in [0.25, 0.3) is 10.2 Å². The van der Waals surface area contributed by atoms with Crippen molar-refractivity contribution in [3.05, 3.63) is 58.6 Å². The lowest BCUT2D eigenvalue weighted by atomic mass is 10.2. The number of thiazole rings is 1. The van der Waals surface area contributed by atoms with E-state index < -0.39 is 21.7 Å². The monoisotopic (exact) mass is 451 g/mol. The minimum absolute atomic E-state index is 0.0831. The highest BCUT2D eigenvalue weighted by Crippen LogP contribution is 2.21. The highest BCUT2D eigenvalue weighted by atomic mass is 32.2. The molecule has 0 spiro atoms. The summed E-state index contributed by atoms with van der Waals surface area (Å²) in [6, 6.07) is 10.3. The fourth-order valence-electron chi connectivity index (χ4n) is 2.81. The summed E-state index contributed by atoms with van der Waals surface area (Å²) in [7, 11) is -0.714. The van der Waals surface area contributed by atoms with Gasteiger partial charge in [0.25, 0.3) is 5.91 Å². The van der Waals surface area contributed by atoms with E-state index in [2.05, 4.69) is 4.99 Å². The van der Waals surface area contributed by atoms with E-state index in [0.29, 0.717) is 34.8 Å². The van der Waals surface area contributed by atoms with Crippen LogP contribution in [0.15, 0.2) is 52.4 Å². The van der Waals surface area contributed by atoms with Gasteiger partial charge in [-0.2, -0.15) is 4.99 Å². The van der Waals surface area contributed by atoms with Gasteiger partial charge in [-0.15, -0.1) is 0 Å². The third-order valence-electron chi connectivity index (χ3n) is 4.39. The van der Waals surface area contributed by atoms with Crippen molar-refractivity contribution < 1.29 is 22.3 Å². The molecule has 0 N–H and O–H groups in total. The molecule has 0 aliphatic heterocycles. The summed E-state index contributed by atoms with van der Waals surface area (Å²) in [6.45, 7) is 3.10. The zero-order valence-corrected chi connectivity index (χ0v) is 18.5. The molecule has 3 aromatic rings. The van der Waals surface area contributed by atoms with E-state index in [9.17, 15) is 17.6 Å². The minimum Gasteiger partial charge on any atom is -0.380 e. The Labute approximate surface area is 178 Å². The van der Waals surface area contributed by atoms with Crippen molar-refractivity contribution >= 4 is 37.5 Å². The van der Waals surface area contributed by atoms with Crippen LogP contribution in [0.1, 0.15) is 17.3 Å². The van der Waals surface area contributed by atoms with Crippen molar-refractivity contribution in [2.45, 2.75) is 18.4 Å². The molecule has 160 valence electrons. The normalized spacial score (nSPS) is 12.8. The Morgan fingerprint density at radius 1 is 1.20 bits per heavy atom. The molecule has 0 aliphatic rings. The third kappa shape index (κ3) is 4.51. The van der Waals surface area contributed by atoms with Gasteiger partial charge in [0.1, 0.15) is 5.82 Å². The summed E-state index contributed by atoms with van der Waals surface area (Å²) in [4.78, 5) is 17.3. The minimum atomic E-state index is -3.59. The van der Waals surface area contributed by atoms with Crippen molar-refractivity contribution in [1.82, 2.24) is 8.87 Å². The number of carbonyl (C=O) groups is 1. The number of fused-ring (bicyclic) bond motifs is 1. The molecule has 30 heavy (non-hydrogen) atoms. The molecule has 2 aromatic carbocycles. The summed E-state index contributed by atoms with van der Waals surface area (Å²) in [5.74, 6) is -0.937. The highest BCUT2D eigenvalue weighted by molar-refractivity contribution is 7.89. The van der Waals surface area contributed by atoms with E-state index in [0.717, 1.165) is 4.31 Å². The van der Waals surface area contributed by atoms with Gasteiger partial charge >= 0.3 is 0 Å². The van der Waals surface area contributed by atoms with Crippen LogP contribution in [0.3, 0.4) is 0 Å².